The average Bonchev–Trinajstić information content (AvgIpc) is 3.38. The normalized spacial score (nSPS) is 21.2. The Bertz CT molecular complexity index is 338. The molecule has 5 heteroatoms. The zero-order chi connectivity index (χ0) is 16.3. The monoisotopic (exact) mass is 324 g/mol. The predicted octanol–water partition coefficient (Wildman–Crippen LogP) is 2.09. The molecule has 2 fully saturated rings. The van der Waals surface area contributed by atoms with Gasteiger partial charge in [-0.2, -0.15) is 0 Å². The zero-order valence-corrected chi connectivity index (χ0v) is 15.1. The highest BCUT2D eigenvalue weighted by atomic mass is 16.5. The maximum absolute atomic E-state index is 5.65. The molecule has 2 N–H and O–H groups in total. The molecule has 1 atom stereocenters. The zero-order valence-electron chi connectivity index (χ0n) is 15.1. The standard InChI is InChI=1S/C18H36N4O/c1-16(14-22-10-4-3-5-11-22)13-21-18(19-2)20-9-6-12-23-15-17-7-8-17/h16-17H,3-15H2,1-2H3,(H2,19,20,21). The van der Waals surface area contributed by atoms with Crippen molar-refractivity contribution in [3.8, 4) is 0 Å². The van der Waals surface area contributed by atoms with Gasteiger partial charge in [-0.15, -0.1) is 0 Å². The van der Waals surface area contributed by atoms with Crippen molar-refractivity contribution in [1.29, 1.82) is 0 Å². The summed E-state index contributed by atoms with van der Waals surface area (Å²) in [5, 5.41) is 6.83. The van der Waals surface area contributed by atoms with Crippen molar-refractivity contribution >= 4 is 5.96 Å². The number of hydrogen-bond acceptors (Lipinski definition) is 3. The summed E-state index contributed by atoms with van der Waals surface area (Å²) in [4.78, 5) is 6.90. The molecule has 23 heavy (non-hydrogen) atoms. The van der Waals surface area contributed by atoms with Crippen LogP contribution in [-0.2, 0) is 4.74 Å². The number of nitrogens with one attached hydrogen (secondary N) is 2. The predicted molar refractivity (Wildman–Crippen MR) is 97.0 cm³/mol. The van der Waals surface area contributed by atoms with Crippen molar-refractivity contribution in [3.63, 3.8) is 0 Å². The van der Waals surface area contributed by atoms with Crippen molar-refractivity contribution in [2.24, 2.45) is 16.8 Å². The first kappa shape index (κ1) is 18.5. The molecule has 1 aliphatic carbocycles. The van der Waals surface area contributed by atoms with E-state index in [2.05, 4.69) is 27.4 Å². The van der Waals surface area contributed by atoms with E-state index in [1.54, 1.807) is 0 Å². The molecule has 0 bridgehead atoms. The van der Waals surface area contributed by atoms with E-state index in [1.807, 2.05) is 7.05 Å². The van der Waals surface area contributed by atoms with E-state index in [4.69, 9.17) is 4.74 Å². The van der Waals surface area contributed by atoms with Crippen molar-refractivity contribution in [2.45, 2.75) is 45.4 Å². The number of piperidine rings is 1. The van der Waals surface area contributed by atoms with Crippen molar-refractivity contribution < 1.29 is 4.74 Å². The third-order valence-corrected chi connectivity index (χ3v) is 4.67. The third kappa shape index (κ3) is 8.56. The van der Waals surface area contributed by atoms with E-state index in [0.717, 1.165) is 44.6 Å². The van der Waals surface area contributed by atoms with Gasteiger partial charge in [-0.1, -0.05) is 13.3 Å². The van der Waals surface area contributed by atoms with Crippen LogP contribution in [0.3, 0.4) is 0 Å². The fraction of sp³-hybridized carbons (Fsp3) is 0.944. The van der Waals surface area contributed by atoms with Gasteiger partial charge in [0.25, 0.3) is 0 Å². The molecule has 0 aromatic carbocycles. The molecule has 1 saturated heterocycles. The van der Waals surface area contributed by atoms with E-state index >= 15 is 0 Å². The Morgan fingerprint density at radius 1 is 1.22 bits per heavy atom. The topological polar surface area (TPSA) is 48.9 Å². The summed E-state index contributed by atoms with van der Waals surface area (Å²) in [5.41, 5.74) is 0. The lowest BCUT2D eigenvalue weighted by Crippen LogP contribution is -2.42. The van der Waals surface area contributed by atoms with Gasteiger partial charge in [-0.05, 0) is 57.0 Å². The van der Waals surface area contributed by atoms with Crippen LogP contribution in [0.1, 0.15) is 45.4 Å². The Hall–Kier alpha value is -0.810. The smallest absolute Gasteiger partial charge is 0.190 e. The second kappa shape index (κ2) is 10.9. The van der Waals surface area contributed by atoms with Gasteiger partial charge in [-0.25, -0.2) is 0 Å². The van der Waals surface area contributed by atoms with E-state index < -0.39 is 0 Å². The molecule has 1 unspecified atom stereocenters. The summed E-state index contributed by atoms with van der Waals surface area (Å²) in [5.74, 6) is 2.42. The van der Waals surface area contributed by atoms with Crippen molar-refractivity contribution in [1.82, 2.24) is 15.5 Å². The van der Waals surface area contributed by atoms with Gasteiger partial charge < -0.3 is 20.3 Å². The minimum atomic E-state index is 0.647. The number of rotatable bonds is 10. The largest absolute Gasteiger partial charge is 0.381 e. The SMILES string of the molecule is CN=C(NCCCOCC1CC1)NCC(C)CN1CCCCC1. The Labute approximate surface area is 142 Å². The first-order valence-corrected chi connectivity index (χ1v) is 9.52. The molecule has 5 nitrogen and oxygen atoms in total. The van der Waals surface area contributed by atoms with Gasteiger partial charge in [-0.3, -0.25) is 4.99 Å². The van der Waals surface area contributed by atoms with Gasteiger partial charge in [0.1, 0.15) is 0 Å². The number of nitrogens with zero attached hydrogens (tertiary/aromatic N) is 2. The number of hydrogen-bond donors (Lipinski definition) is 2. The number of likely N-dealkylation sites (tertiary alicyclic amines) is 1. The highest BCUT2D eigenvalue weighted by Crippen LogP contribution is 2.28. The molecule has 0 aromatic rings. The molecule has 1 saturated carbocycles. The van der Waals surface area contributed by atoms with Gasteiger partial charge in [0, 0.05) is 39.9 Å². The third-order valence-electron chi connectivity index (χ3n) is 4.67. The molecule has 1 aliphatic heterocycles. The summed E-state index contributed by atoms with van der Waals surface area (Å²) in [6.45, 7) is 9.78. The first-order chi connectivity index (χ1) is 11.3. The van der Waals surface area contributed by atoms with Gasteiger partial charge >= 0.3 is 0 Å². The maximum Gasteiger partial charge on any atom is 0.190 e. The van der Waals surface area contributed by atoms with Crippen LogP contribution in [-0.4, -0.2) is 63.8 Å². The lowest BCUT2D eigenvalue weighted by molar-refractivity contribution is 0.123. The summed E-state index contributed by atoms with van der Waals surface area (Å²) in [6.07, 6.45) is 7.91. The van der Waals surface area contributed by atoms with Gasteiger partial charge in [0.15, 0.2) is 5.96 Å². The quantitative estimate of drug-likeness (QED) is 0.367. The lowest BCUT2D eigenvalue weighted by atomic mass is 10.1. The summed E-state index contributed by atoms with van der Waals surface area (Å²) < 4.78 is 5.65. The molecular weight excluding hydrogens is 288 g/mol. The molecule has 2 rings (SSSR count). The molecule has 1 heterocycles. The highest BCUT2D eigenvalue weighted by molar-refractivity contribution is 5.79. The fourth-order valence-electron chi connectivity index (χ4n) is 3.05. The van der Waals surface area contributed by atoms with Crippen LogP contribution < -0.4 is 10.6 Å². The first-order valence-electron chi connectivity index (χ1n) is 9.52. The van der Waals surface area contributed by atoms with Crippen molar-refractivity contribution in [2.75, 3.05) is 53.0 Å². The van der Waals surface area contributed by atoms with E-state index in [0.29, 0.717) is 5.92 Å². The van der Waals surface area contributed by atoms with Gasteiger partial charge in [0.2, 0.25) is 0 Å². The van der Waals surface area contributed by atoms with Crippen LogP contribution in [0, 0.1) is 11.8 Å². The van der Waals surface area contributed by atoms with Crippen LogP contribution in [0.15, 0.2) is 4.99 Å². The molecule has 2 aliphatic rings. The number of ether oxygens (including phenoxy) is 1. The molecule has 134 valence electrons. The Balaban J connectivity index is 1.47. The summed E-state index contributed by atoms with van der Waals surface area (Å²) in [7, 11) is 1.84. The van der Waals surface area contributed by atoms with E-state index in [-0.39, 0.29) is 0 Å². The van der Waals surface area contributed by atoms with Crippen LogP contribution >= 0.6 is 0 Å². The van der Waals surface area contributed by atoms with Crippen LogP contribution in [0.2, 0.25) is 0 Å². The molecule has 0 amide bonds. The minimum absolute atomic E-state index is 0.647. The van der Waals surface area contributed by atoms with E-state index in [1.165, 1.54) is 51.7 Å². The second-order valence-corrected chi connectivity index (χ2v) is 7.22. The second-order valence-electron chi connectivity index (χ2n) is 7.22. The Morgan fingerprint density at radius 3 is 2.70 bits per heavy atom. The maximum atomic E-state index is 5.65. The molecule has 0 aromatic heterocycles. The molecular formula is C18H36N4O. The van der Waals surface area contributed by atoms with Crippen LogP contribution in [0.5, 0.6) is 0 Å². The van der Waals surface area contributed by atoms with Gasteiger partial charge in [0.05, 0.1) is 0 Å². The molecule has 0 spiro atoms. The fourth-order valence-corrected chi connectivity index (χ4v) is 3.05. The lowest BCUT2D eigenvalue weighted by Gasteiger charge is -2.29. The number of guanidine groups is 1. The van der Waals surface area contributed by atoms with Crippen LogP contribution in [0.4, 0.5) is 0 Å². The van der Waals surface area contributed by atoms with Crippen LogP contribution in [0.25, 0.3) is 0 Å². The highest BCUT2D eigenvalue weighted by Gasteiger charge is 2.20. The van der Waals surface area contributed by atoms with E-state index in [9.17, 15) is 0 Å². The average molecular weight is 325 g/mol. The Kier molecular flexibility index (Phi) is 8.76. The molecule has 0 radical (unpaired) electrons. The van der Waals surface area contributed by atoms with Crippen molar-refractivity contribution in [3.05, 3.63) is 0 Å². The summed E-state index contributed by atoms with van der Waals surface area (Å²) in [6, 6.07) is 0. The Morgan fingerprint density at radius 2 is 2.00 bits per heavy atom. The summed E-state index contributed by atoms with van der Waals surface area (Å²) >= 11 is 0. The number of aliphatic imine (C=N–C) groups is 1. The minimum Gasteiger partial charge on any atom is -0.381 e.